The second-order valence-corrected chi connectivity index (χ2v) is 5.25. The molecule has 0 unspecified atom stereocenters. The average molecular weight is 213 g/mol. The van der Waals surface area contributed by atoms with Crippen LogP contribution in [-0.4, -0.2) is 35.6 Å². The fraction of sp³-hybridized carbons (Fsp3) is 0.917. The van der Waals surface area contributed by atoms with E-state index in [2.05, 4.69) is 25.8 Å². The second-order valence-electron chi connectivity index (χ2n) is 5.25. The molecule has 0 atom stereocenters. The number of aliphatic carboxylic acids is 1. The van der Waals surface area contributed by atoms with Crippen molar-refractivity contribution in [2.45, 2.75) is 52.0 Å². The van der Waals surface area contributed by atoms with E-state index in [0.717, 1.165) is 25.8 Å². The maximum atomic E-state index is 10.8. The van der Waals surface area contributed by atoms with Gasteiger partial charge in [-0.2, -0.15) is 0 Å². The van der Waals surface area contributed by atoms with Gasteiger partial charge in [0.25, 0.3) is 0 Å². The van der Waals surface area contributed by atoms with E-state index in [0.29, 0.717) is 12.5 Å². The minimum absolute atomic E-state index is 0.120. The fourth-order valence-corrected chi connectivity index (χ4v) is 2.18. The minimum atomic E-state index is -0.637. The van der Waals surface area contributed by atoms with Gasteiger partial charge < -0.3 is 10.0 Å². The first-order chi connectivity index (χ1) is 6.95. The maximum Gasteiger partial charge on any atom is 0.303 e. The van der Waals surface area contributed by atoms with Gasteiger partial charge in [0.15, 0.2) is 0 Å². The quantitative estimate of drug-likeness (QED) is 0.736. The van der Waals surface area contributed by atoms with Crippen LogP contribution in [0, 0.1) is 5.41 Å². The Morgan fingerprint density at radius 2 is 2.07 bits per heavy atom. The van der Waals surface area contributed by atoms with Crippen molar-refractivity contribution in [3.63, 3.8) is 0 Å². The van der Waals surface area contributed by atoms with Gasteiger partial charge in [-0.3, -0.25) is 4.79 Å². The number of rotatable bonds is 6. The smallest absolute Gasteiger partial charge is 0.303 e. The Morgan fingerprint density at radius 1 is 1.47 bits per heavy atom. The largest absolute Gasteiger partial charge is 0.481 e. The van der Waals surface area contributed by atoms with Crippen molar-refractivity contribution in [3.05, 3.63) is 0 Å². The van der Waals surface area contributed by atoms with Crippen molar-refractivity contribution in [2.75, 3.05) is 13.6 Å². The first-order valence-corrected chi connectivity index (χ1v) is 5.87. The normalized spacial score (nSPS) is 19.3. The molecule has 3 heteroatoms. The Balaban J connectivity index is 2.37. The van der Waals surface area contributed by atoms with Crippen LogP contribution in [0.5, 0.6) is 0 Å². The standard InChI is InChI=1S/C12H23NO2/c1-10(2)13(3)8-7-12(5-4-6-12)9-11(14)15/h10H,4-9H2,1-3H3,(H,14,15). The van der Waals surface area contributed by atoms with Crippen LogP contribution in [0.4, 0.5) is 0 Å². The molecule has 1 saturated carbocycles. The SMILES string of the molecule is CC(C)N(C)CCC1(CC(=O)O)CCC1. The molecular weight excluding hydrogens is 190 g/mol. The van der Waals surface area contributed by atoms with Crippen LogP contribution < -0.4 is 0 Å². The third-order valence-corrected chi connectivity index (χ3v) is 3.82. The van der Waals surface area contributed by atoms with Crippen molar-refractivity contribution in [3.8, 4) is 0 Å². The van der Waals surface area contributed by atoms with Crippen LogP contribution in [0.2, 0.25) is 0 Å². The number of carbonyl (C=O) groups is 1. The molecule has 0 saturated heterocycles. The molecule has 1 aliphatic rings. The molecule has 0 bridgehead atoms. The summed E-state index contributed by atoms with van der Waals surface area (Å²) in [5, 5.41) is 8.87. The van der Waals surface area contributed by atoms with E-state index in [1.165, 1.54) is 6.42 Å². The molecule has 0 radical (unpaired) electrons. The van der Waals surface area contributed by atoms with Crippen LogP contribution in [0.15, 0.2) is 0 Å². The minimum Gasteiger partial charge on any atom is -0.481 e. The lowest BCUT2D eigenvalue weighted by Crippen LogP contribution is -2.37. The van der Waals surface area contributed by atoms with Gasteiger partial charge in [-0.15, -0.1) is 0 Å². The third-order valence-electron chi connectivity index (χ3n) is 3.82. The lowest BCUT2D eigenvalue weighted by Gasteiger charge is -2.42. The Hall–Kier alpha value is -0.570. The van der Waals surface area contributed by atoms with Gasteiger partial charge in [-0.25, -0.2) is 0 Å². The topological polar surface area (TPSA) is 40.5 Å². The van der Waals surface area contributed by atoms with Crippen molar-refractivity contribution in [1.82, 2.24) is 4.90 Å². The van der Waals surface area contributed by atoms with Crippen LogP contribution in [0.25, 0.3) is 0 Å². The van der Waals surface area contributed by atoms with Gasteiger partial charge in [0.1, 0.15) is 0 Å². The zero-order chi connectivity index (χ0) is 11.5. The predicted octanol–water partition coefficient (Wildman–Crippen LogP) is 2.36. The van der Waals surface area contributed by atoms with Crippen LogP contribution in [0.1, 0.15) is 46.0 Å². The van der Waals surface area contributed by atoms with E-state index >= 15 is 0 Å². The van der Waals surface area contributed by atoms with Crippen molar-refractivity contribution < 1.29 is 9.90 Å². The van der Waals surface area contributed by atoms with E-state index in [-0.39, 0.29) is 5.41 Å². The maximum absolute atomic E-state index is 10.8. The number of nitrogens with zero attached hydrogens (tertiary/aromatic N) is 1. The molecule has 0 aromatic carbocycles. The van der Waals surface area contributed by atoms with E-state index in [4.69, 9.17) is 5.11 Å². The summed E-state index contributed by atoms with van der Waals surface area (Å²) < 4.78 is 0. The number of carboxylic acids is 1. The summed E-state index contributed by atoms with van der Waals surface area (Å²) >= 11 is 0. The molecule has 1 aliphatic carbocycles. The summed E-state index contributed by atoms with van der Waals surface area (Å²) in [4.78, 5) is 13.1. The summed E-state index contributed by atoms with van der Waals surface area (Å²) in [6, 6.07) is 0.548. The Kier molecular flexibility index (Phi) is 4.14. The lowest BCUT2D eigenvalue weighted by molar-refractivity contribution is -0.141. The molecule has 0 heterocycles. The highest BCUT2D eigenvalue weighted by Crippen LogP contribution is 2.46. The highest BCUT2D eigenvalue weighted by Gasteiger charge is 2.38. The fourth-order valence-electron chi connectivity index (χ4n) is 2.18. The van der Waals surface area contributed by atoms with Gasteiger partial charge in [0, 0.05) is 6.04 Å². The highest BCUT2D eigenvalue weighted by atomic mass is 16.4. The number of hydrogen-bond donors (Lipinski definition) is 1. The number of carboxylic acid groups (broad SMARTS) is 1. The molecule has 1 rings (SSSR count). The third kappa shape index (κ3) is 3.49. The second kappa shape index (κ2) is 4.97. The molecule has 3 nitrogen and oxygen atoms in total. The molecule has 1 fully saturated rings. The Morgan fingerprint density at radius 3 is 2.40 bits per heavy atom. The molecule has 88 valence electrons. The summed E-state index contributed by atoms with van der Waals surface area (Å²) in [5.74, 6) is -0.637. The molecule has 0 amide bonds. The highest BCUT2D eigenvalue weighted by molar-refractivity contribution is 5.67. The van der Waals surface area contributed by atoms with Gasteiger partial charge in [0.2, 0.25) is 0 Å². The summed E-state index contributed by atoms with van der Waals surface area (Å²) in [7, 11) is 2.11. The molecule has 0 spiro atoms. The first-order valence-electron chi connectivity index (χ1n) is 5.87. The summed E-state index contributed by atoms with van der Waals surface area (Å²) in [5.41, 5.74) is 0.120. The Labute approximate surface area is 92.5 Å². The van der Waals surface area contributed by atoms with E-state index in [1.54, 1.807) is 0 Å². The average Bonchev–Trinajstić information content (AvgIpc) is 2.08. The van der Waals surface area contributed by atoms with Gasteiger partial charge >= 0.3 is 5.97 Å². The molecular formula is C12H23NO2. The van der Waals surface area contributed by atoms with Gasteiger partial charge in [0.05, 0.1) is 6.42 Å². The lowest BCUT2D eigenvalue weighted by atomic mass is 9.64. The van der Waals surface area contributed by atoms with Crippen LogP contribution >= 0.6 is 0 Å². The van der Waals surface area contributed by atoms with Crippen molar-refractivity contribution >= 4 is 5.97 Å². The predicted molar refractivity (Wildman–Crippen MR) is 60.9 cm³/mol. The van der Waals surface area contributed by atoms with Crippen LogP contribution in [0.3, 0.4) is 0 Å². The summed E-state index contributed by atoms with van der Waals surface area (Å²) in [6.45, 7) is 5.36. The van der Waals surface area contributed by atoms with Gasteiger partial charge in [-0.1, -0.05) is 6.42 Å². The zero-order valence-corrected chi connectivity index (χ0v) is 10.1. The molecule has 0 aromatic rings. The number of hydrogen-bond acceptors (Lipinski definition) is 2. The molecule has 0 aliphatic heterocycles. The van der Waals surface area contributed by atoms with E-state index in [1.807, 2.05) is 0 Å². The monoisotopic (exact) mass is 213 g/mol. The first kappa shape index (κ1) is 12.5. The van der Waals surface area contributed by atoms with E-state index < -0.39 is 5.97 Å². The molecule has 15 heavy (non-hydrogen) atoms. The summed E-state index contributed by atoms with van der Waals surface area (Å²) in [6.07, 6.45) is 4.81. The molecule has 1 N–H and O–H groups in total. The van der Waals surface area contributed by atoms with Crippen molar-refractivity contribution in [2.24, 2.45) is 5.41 Å². The van der Waals surface area contributed by atoms with Crippen LogP contribution in [-0.2, 0) is 4.79 Å². The Bertz CT molecular complexity index is 222. The van der Waals surface area contributed by atoms with E-state index in [9.17, 15) is 4.79 Å². The van der Waals surface area contributed by atoms with Crippen molar-refractivity contribution in [1.29, 1.82) is 0 Å². The zero-order valence-electron chi connectivity index (χ0n) is 10.1. The van der Waals surface area contributed by atoms with Gasteiger partial charge in [-0.05, 0) is 52.1 Å². The molecule has 0 aromatic heterocycles.